The van der Waals surface area contributed by atoms with Gasteiger partial charge in [0.05, 0.1) is 0 Å². The minimum absolute atomic E-state index is 0.703. The van der Waals surface area contributed by atoms with Gasteiger partial charge in [-0.05, 0) is 42.7 Å². The third-order valence-corrected chi connectivity index (χ3v) is 3.61. The molecule has 1 aromatic rings. The highest BCUT2D eigenvalue weighted by atomic mass is 32.2. The molecule has 78 valence electrons. The van der Waals surface area contributed by atoms with E-state index in [4.69, 9.17) is 0 Å². The third-order valence-electron chi connectivity index (χ3n) is 2.71. The molecule has 0 aliphatic heterocycles. The maximum Gasteiger partial charge on any atom is 0.00985 e. The van der Waals surface area contributed by atoms with Crippen LogP contribution in [0.3, 0.4) is 0 Å². The molecule has 0 N–H and O–H groups in total. The molecule has 0 fully saturated rings. The molecule has 0 aliphatic carbocycles. The highest BCUT2D eigenvalue weighted by Gasteiger charge is 2.05. The Morgan fingerprint density at radius 3 is 2.57 bits per heavy atom. The van der Waals surface area contributed by atoms with Crippen molar-refractivity contribution in [1.82, 2.24) is 0 Å². The number of hydrogen-bond donors (Lipinski definition) is 0. The van der Waals surface area contributed by atoms with Crippen LogP contribution in [0.15, 0.2) is 23.1 Å². The lowest BCUT2D eigenvalue weighted by atomic mass is 9.95. The number of thioether (sulfide) groups is 1. The molecule has 14 heavy (non-hydrogen) atoms. The van der Waals surface area contributed by atoms with Crippen molar-refractivity contribution in [3.05, 3.63) is 29.3 Å². The normalized spacial score (nSPS) is 12.9. The molecule has 0 radical (unpaired) electrons. The quantitative estimate of drug-likeness (QED) is 0.651. The molecule has 0 bridgehead atoms. The molecular weight excluding hydrogens is 188 g/mol. The molecule has 0 aromatic heterocycles. The molecule has 0 saturated carbocycles. The molecule has 1 rings (SSSR count). The Bertz CT molecular complexity index is 291. The van der Waals surface area contributed by atoms with Gasteiger partial charge in [0.2, 0.25) is 0 Å². The zero-order chi connectivity index (χ0) is 10.6. The van der Waals surface area contributed by atoms with Gasteiger partial charge < -0.3 is 0 Å². The molecule has 1 atom stereocenters. The number of aryl methyl sites for hydroxylation is 1. The van der Waals surface area contributed by atoms with Crippen molar-refractivity contribution in [2.75, 3.05) is 6.26 Å². The molecule has 0 heterocycles. The van der Waals surface area contributed by atoms with Crippen LogP contribution in [-0.4, -0.2) is 6.26 Å². The van der Waals surface area contributed by atoms with Crippen molar-refractivity contribution >= 4 is 11.8 Å². The van der Waals surface area contributed by atoms with E-state index in [0.717, 1.165) is 0 Å². The maximum absolute atomic E-state index is 2.34. The fourth-order valence-electron chi connectivity index (χ4n) is 1.81. The smallest absolute Gasteiger partial charge is 0.00985 e. The summed E-state index contributed by atoms with van der Waals surface area (Å²) >= 11 is 1.83. The largest absolute Gasteiger partial charge is 0.129 e. The Morgan fingerprint density at radius 2 is 2.07 bits per heavy atom. The summed E-state index contributed by atoms with van der Waals surface area (Å²) in [5.41, 5.74) is 2.90. The summed E-state index contributed by atoms with van der Waals surface area (Å²) in [4.78, 5) is 1.40. The van der Waals surface area contributed by atoms with Crippen LogP contribution < -0.4 is 0 Å². The Balaban J connectivity index is 2.85. The van der Waals surface area contributed by atoms with E-state index in [1.54, 1.807) is 0 Å². The first-order chi connectivity index (χ1) is 6.69. The van der Waals surface area contributed by atoms with Crippen LogP contribution in [0.2, 0.25) is 0 Å². The maximum atomic E-state index is 2.34. The van der Waals surface area contributed by atoms with Gasteiger partial charge in [0.25, 0.3) is 0 Å². The second-order valence-corrected chi connectivity index (χ2v) is 4.77. The van der Waals surface area contributed by atoms with Gasteiger partial charge in [-0.15, -0.1) is 11.8 Å². The van der Waals surface area contributed by atoms with Crippen molar-refractivity contribution in [2.24, 2.45) is 0 Å². The van der Waals surface area contributed by atoms with Crippen LogP contribution in [-0.2, 0) is 0 Å². The lowest BCUT2D eigenvalue weighted by molar-refractivity contribution is 0.664. The summed E-state index contributed by atoms with van der Waals surface area (Å²) in [6.45, 7) is 6.77. The lowest BCUT2D eigenvalue weighted by Gasteiger charge is -2.12. The van der Waals surface area contributed by atoms with E-state index in [-0.39, 0.29) is 0 Å². The van der Waals surface area contributed by atoms with Crippen LogP contribution in [0.5, 0.6) is 0 Å². The van der Waals surface area contributed by atoms with Crippen LogP contribution in [0, 0.1) is 6.92 Å². The molecular formula is C13H20S. The average molecular weight is 208 g/mol. The van der Waals surface area contributed by atoms with E-state index in [9.17, 15) is 0 Å². The Morgan fingerprint density at radius 1 is 1.36 bits per heavy atom. The SMILES string of the molecule is CCCC(C)c1ccc(SC)c(C)c1. The van der Waals surface area contributed by atoms with Crippen LogP contribution in [0.4, 0.5) is 0 Å². The van der Waals surface area contributed by atoms with Crippen molar-refractivity contribution < 1.29 is 0 Å². The summed E-state index contributed by atoms with van der Waals surface area (Å²) in [5.74, 6) is 0.703. The molecule has 1 unspecified atom stereocenters. The van der Waals surface area contributed by atoms with Gasteiger partial charge in [-0.2, -0.15) is 0 Å². The first-order valence-corrected chi connectivity index (χ1v) is 6.56. The lowest BCUT2D eigenvalue weighted by Crippen LogP contribution is -1.94. The fourth-order valence-corrected chi connectivity index (χ4v) is 2.39. The van der Waals surface area contributed by atoms with Gasteiger partial charge in [-0.25, -0.2) is 0 Å². The zero-order valence-corrected chi connectivity index (χ0v) is 10.4. The Kier molecular flexibility index (Phi) is 4.53. The molecule has 0 aliphatic rings. The predicted octanol–water partition coefficient (Wildman–Crippen LogP) is 4.62. The van der Waals surface area contributed by atoms with Gasteiger partial charge in [-0.3, -0.25) is 0 Å². The first kappa shape index (κ1) is 11.6. The van der Waals surface area contributed by atoms with Gasteiger partial charge in [0.1, 0.15) is 0 Å². The summed E-state index contributed by atoms with van der Waals surface area (Å²) < 4.78 is 0. The van der Waals surface area contributed by atoms with Crippen LogP contribution in [0.1, 0.15) is 43.7 Å². The van der Waals surface area contributed by atoms with E-state index < -0.39 is 0 Å². The van der Waals surface area contributed by atoms with Crippen LogP contribution >= 0.6 is 11.8 Å². The molecule has 0 nitrogen and oxygen atoms in total. The first-order valence-electron chi connectivity index (χ1n) is 5.33. The van der Waals surface area contributed by atoms with Gasteiger partial charge in [0, 0.05) is 4.90 Å². The minimum atomic E-state index is 0.703. The second kappa shape index (κ2) is 5.45. The minimum Gasteiger partial charge on any atom is -0.129 e. The Hall–Kier alpha value is -0.430. The molecule has 1 aromatic carbocycles. The van der Waals surface area contributed by atoms with Crippen molar-refractivity contribution in [3.63, 3.8) is 0 Å². The van der Waals surface area contributed by atoms with Gasteiger partial charge in [-0.1, -0.05) is 32.4 Å². The molecule has 0 amide bonds. The monoisotopic (exact) mass is 208 g/mol. The predicted molar refractivity (Wildman–Crippen MR) is 66.3 cm³/mol. The third kappa shape index (κ3) is 2.78. The molecule has 0 saturated heterocycles. The summed E-state index contributed by atoms with van der Waals surface area (Å²) in [6, 6.07) is 6.87. The number of benzene rings is 1. The Labute approximate surface area is 92.1 Å². The van der Waals surface area contributed by atoms with Crippen LogP contribution in [0.25, 0.3) is 0 Å². The second-order valence-electron chi connectivity index (χ2n) is 3.92. The number of rotatable bonds is 4. The van der Waals surface area contributed by atoms with Crippen molar-refractivity contribution in [3.8, 4) is 0 Å². The summed E-state index contributed by atoms with van der Waals surface area (Å²) in [5, 5.41) is 0. The summed E-state index contributed by atoms with van der Waals surface area (Å²) in [7, 11) is 0. The number of hydrogen-bond acceptors (Lipinski definition) is 1. The van der Waals surface area contributed by atoms with E-state index in [2.05, 4.69) is 45.2 Å². The van der Waals surface area contributed by atoms with E-state index in [1.807, 2.05) is 11.8 Å². The van der Waals surface area contributed by atoms with E-state index >= 15 is 0 Å². The van der Waals surface area contributed by atoms with Crippen molar-refractivity contribution in [2.45, 2.75) is 44.4 Å². The van der Waals surface area contributed by atoms with E-state index in [0.29, 0.717) is 5.92 Å². The average Bonchev–Trinajstić information content (AvgIpc) is 2.18. The standard InChI is InChI=1S/C13H20S/c1-5-6-10(2)12-7-8-13(14-4)11(3)9-12/h7-10H,5-6H2,1-4H3. The highest BCUT2D eigenvalue weighted by molar-refractivity contribution is 7.98. The van der Waals surface area contributed by atoms with Gasteiger partial charge in [0.15, 0.2) is 0 Å². The molecule has 1 heteroatoms. The topological polar surface area (TPSA) is 0 Å². The molecule has 0 spiro atoms. The van der Waals surface area contributed by atoms with E-state index in [1.165, 1.54) is 28.9 Å². The fraction of sp³-hybridized carbons (Fsp3) is 0.538. The van der Waals surface area contributed by atoms with Crippen molar-refractivity contribution in [1.29, 1.82) is 0 Å². The van der Waals surface area contributed by atoms with Gasteiger partial charge >= 0.3 is 0 Å². The summed E-state index contributed by atoms with van der Waals surface area (Å²) in [6.07, 6.45) is 4.69. The highest BCUT2D eigenvalue weighted by Crippen LogP contribution is 2.26. The zero-order valence-electron chi connectivity index (χ0n) is 9.63.